The fraction of sp³-hybridized carbons (Fsp3) is 0.833. The van der Waals surface area contributed by atoms with Crippen LogP contribution in [0.2, 0.25) is 0 Å². The Labute approximate surface area is 160 Å². The van der Waals surface area contributed by atoms with Crippen LogP contribution in [-0.2, 0) is 4.74 Å². The zero-order valence-electron chi connectivity index (χ0n) is 19.0. The van der Waals surface area contributed by atoms with Crippen LogP contribution in [0.4, 0.5) is 0 Å². The van der Waals surface area contributed by atoms with Crippen molar-refractivity contribution in [3.63, 3.8) is 0 Å². The van der Waals surface area contributed by atoms with Crippen molar-refractivity contribution in [2.45, 2.75) is 107 Å². The topological polar surface area (TPSA) is 9.23 Å². The summed E-state index contributed by atoms with van der Waals surface area (Å²) in [7, 11) is 1.72. The molecule has 0 spiro atoms. The van der Waals surface area contributed by atoms with E-state index in [1.165, 1.54) is 51.4 Å². The number of hydrogen-bond acceptors (Lipinski definition) is 1. The van der Waals surface area contributed by atoms with Gasteiger partial charge in [-0.05, 0) is 57.8 Å². The maximum absolute atomic E-state index is 5.10. The molecule has 0 N–H and O–H groups in total. The summed E-state index contributed by atoms with van der Waals surface area (Å²) < 4.78 is 5.10. The van der Waals surface area contributed by atoms with Gasteiger partial charge < -0.3 is 4.74 Å². The summed E-state index contributed by atoms with van der Waals surface area (Å²) in [5.41, 5.74) is 3.17. The molecule has 150 valence electrons. The van der Waals surface area contributed by atoms with Gasteiger partial charge in [-0.3, -0.25) is 0 Å². The van der Waals surface area contributed by atoms with Crippen LogP contribution in [0.3, 0.4) is 0 Å². The summed E-state index contributed by atoms with van der Waals surface area (Å²) in [6, 6.07) is 0. The second kappa shape index (κ2) is 16.7. The first-order valence-corrected chi connectivity index (χ1v) is 10.5. The lowest BCUT2D eigenvalue weighted by atomic mass is 9.88. The summed E-state index contributed by atoms with van der Waals surface area (Å²) in [4.78, 5) is 0. The summed E-state index contributed by atoms with van der Waals surface area (Å²) in [6.45, 7) is 21.7. The van der Waals surface area contributed by atoms with Gasteiger partial charge in [0.2, 0.25) is 0 Å². The van der Waals surface area contributed by atoms with E-state index >= 15 is 0 Å². The number of hydrogen-bond donors (Lipinski definition) is 0. The molecule has 1 fully saturated rings. The fourth-order valence-electron chi connectivity index (χ4n) is 2.61. The van der Waals surface area contributed by atoms with E-state index < -0.39 is 0 Å². The molecule has 0 saturated heterocycles. The van der Waals surface area contributed by atoms with Crippen molar-refractivity contribution in [3.8, 4) is 0 Å². The first-order chi connectivity index (χ1) is 11.6. The van der Waals surface area contributed by atoms with Crippen LogP contribution >= 0.6 is 0 Å². The average molecular weight is 353 g/mol. The Kier molecular flexibility index (Phi) is 17.7. The third kappa shape index (κ3) is 17.9. The standard InChI is InChI=1S/C11H22.C9H16O.C4H10/c1-6-10(4)11(5)8-7-9(2)3;1-8(10-2)9-6-4-3-5-7-9;1-4(2)3/h9H,6-8H2,1-5H3;9H,1,3-7H2,2H3;4H,1-3H3/b11-10-;;. The second-order valence-corrected chi connectivity index (χ2v) is 8.58. The van der Waals surface area contributed by atoms with Crippen LogP contribution in [0.25, 0.3) is 0 Å². The van der Waals surface area contributed by atoms with Gasteiger partial charge in [0.1, 0.15) is 0 Å². The van der Waals surface area contributed by atoms with Crippen molar-refractivity contribution < 1.29 is 4.74 Å². The maximum atomic E-state index is 5.10. The summed E-state index contributed by atoms with van der Waals surface area (Å²) >= 11 is 0. The van der Waals surface area contributed by atoms with E-state index in [0.717, 1.165) is 17.6 Å². The number of methoxy groups -OCH3 is 1. The van der Waals surface area contributed by atoms with Gasteiger partial charge in [0, 0.05) is 5.92 Å². The maximum Gasteiger partial charge on any atom is 0.0914 e. The van der Waals surface area contributed by atoms with Crippen LogP contribution in [0.5, 0.6) is 0 Å². The van der Waals surface area contributed by atoms with E-state index in [4.69, 9.17) is 4.74 Å². The van der Waals surface area contributed by atoms with Crippen LogP contribution in [0.1, 0.15) is 107 Å². The van der Waals surface area contributed by atoms with E-state index in [2.05, 4.69) is 62.0 Å². The van der Waals surface area contributed by atoms with Gasteiger partial charge in [0.15, 0.2) is 0 Å². The van der Waals surface area contributed by atoms with Gasteiger partial charge in [-0.15, -0.1) is 0 Å². The van der Waals surface area contributed by atoms with E-state index in [9.17, 15) is 0 Å². The molecule has 1 rings (SSSR count). The van der Waals surface area contributed by atoms with E-state index in [0.29, 0.717) is 5.92 Å². The Morgan fingerprint density at radius 2 is 1.44 bits per heavy atom. The van der Waals surface area contributed by atoms with Crippen LogP contribution in [0, 0.1) is 17.8 Å². The van der Waals surface area contributed by atoms with Gasteiger partial charge in [-0.2, -0.15) is 0 Å². The predicted molar refractivity (Wildman–Crippen MR) is 116 cm³/mol. The Morgan fingerprint density at radius 1 is 0.960 bits per heavy atom. The zero-order chi connectivity index (χ0) is 19.8. The minimum atomic E-state index is 0.652. The molecule has 1 nitrogen and oxygen atoms in total. The quantitative estimate of drug-likeness (QED) is 0.343. The molecule has 0 aliphatic heterocycles. The molecule has 0 heterocycles. The molecule has 1 saturated carbocycles. The molecule has 1 aliphatic carbocycles. The normalized spacial score (nSPS) is 15.6. The minimum absolute atomic E-state index is 0.652. The van der Waals surface area contributed by atoms with Gasteiger partial charge in [-0.1, -0.05) is 78.5 Å². The molecule has 0 aromatic rings. The average Bonchev–Trinajstić information content (AvgIpc) is 2.59. The van der Waals surface area contributed by atoms with Crippen molar-refractivity contribution in [2.24, 2.45) is 17.8 Å². The summed E-state index contributed by atoms with van der Waals surface area (Å²) in [5, 5.41) is 0. The highest BCUT2D eigenvalue weighted by atomic mass is 16.5. The molecule has 0 aromatic heterocycles. The molecular weight excluding hydrogens is 304 g/mol. The summed E-state index contributed by atoms with van der Waals surface area (Å²) in [5.74, 6) is 3.31. The SMILES string of the molecule is C=C(OC)C1CCCCC1.CC(C)C.CC/C(C)=C(/C)CCC(C)C. The fourth-order valence-corrected chi connectivity index (χ4v) is 2.61. The molecule has 0 aromatic carbocycles. The van der Waals surface area contributed by atoms with Crippen LogP contribution in [0.15, 0.2) is 23.5 Å². The Morgan fingerprint density at radius 3 is 1.80 bits per heavy atom. The molecule has 0 unspecified atom stereocenters. The van der Waals surface area contributed by atoms with Crippen LogP contribution < -0.4 is 0 Å². The second-order valence-electron chi connectivity index (χ2n) is 8.58. The Balaban J connectivity index is 0. The monoisotopic (exact) mass is 352 g/mol. The largest absolute Gasteiger partial charge is 0.501 e. The lowest BCUT2D eigenvalue weighted by Gasteiger charge is -2.22. The van der Waals surface area contributed by atoms with Crippen molar-refractivity contribution in [3.05, 3.63) is 23.5 Å². The summed E-state index contributed by atoms with van der Waals surface area (Å²) in [6.07, 6.45) is 10.5. The number of allylic oxidation sites excluding steroid dienone is 3. The van der Waals surface area contributed by atoms with Gasteiger partial charge in [0.05, 0.1) is 12.9 Å². The highest BCUT2D eigenvalue weighted by Crippen LogP contribution is 2.28. The van der Waals surface area contributed by atoms with E-state index in [1.807, 2.05) is 0 Å². The van der Waals surface area contributed by atoms with E-state index in [1.54, 1.807) is 18.3 Å². The molecular formula is C24H48O. The van der Waals surface area contributed by atoms with Gasteiger partial charge in [-0.25, -0.2) is 0 Å². The van der Waals surface area contributed by atoms with Crippen molar-refractivity contribution in [2.75, 3.05) is 7.11 Å². The van der Waals surface area contributed by atoms with Gasteiger partial charge in [0.25, 0.3) is 0 Å². The Bertz CT molecular complexity index is 340. The van der Waals surface area contributed by atoms with Crippen molar-refractivity contribution in [1.29, 1.82) is 0 Å². The predicted octanol–water partition coefficient (Wildman–Crippen LogP) is 8.56. The van der Waals surface area contributed by atoms with Crippen molar-refractivity contribution in [1.82, 2.24) is 0 Å². The molecule has 0 amide bonds. The third-order valence-corrected chi connectivity index (χ3v) is 4.68. The first kappa shape index (κ1) is 26.5. The van der Waals surface area contributed by atoms with E-state index in [-0.39, 0.29) is 0 Å². The smallest absolute Gasteiger partial charge is 0.0914 e. The first-order valence-electron chi connectivity index (χ1n) is 10.5. The lowest BCUT2D eigenvalue weighted by molar-refractivity contribution is 0.215. The highest BCUT2D eigenvalue weighted by molar-refractivity contribution is 5.08. The number of ether oxygens (including phenoxy) is 1. The Hall–Kier alpha value is -0.720. The van der Waals surface area contributed by atoms with Crippen LogP contribution in [-0.4, -0.2) is 7.11 Å². The highest BCUT2D eigenvalue weighted by Gasteiger charge is 2.16. The molecule has 0 atom stereocenters. The van der Waals surface area contributed by atoms with Gasteiger partial charge >= 0.3 is 0 Å². The molecule has 0 radical (unpaired) electrons. The minimum Gasteiger partial charge on any atom is -0.501 e. The molecule has 1 heteroatoms. The zero-order valence-corrected chi connectivity index (χ0v) is 19.0. The molecule has 0 bridgehead atoms. The number of rotatable bonds is 6. The lowest BCUT2D eigenvalue weighted by Crippen LogP contribution is -2.09. The van der Waals surface area contributed by atoms with Crippen molar-refractivity contribution >= 4 is 0 Å². The third-order valence-electron chi connectivity index (χ3n) is 4.68. The molecule has 1 aliphatic rings. The molecule has 25 heavy (non-hydrogen) atoms.